The lowest BCUT2D eigenvalue weighted by molar-refractivity contribution is -0.126. The Kier molecular flexibility index (Phi) is 7.33. The van der Waals surface area contributed by atoms with E-state index in [1.807, 2.05) is 37.3 Å². The molecule has 1 saturated heterocycles. The quantitative estimate of drug-likeness (QED) is 0.711. The molecule has 7 heteroatoms. The normalized spacial score (nSPS) is 17.0. The summed E-state index contributed by atoms with van der Waals surface area (Å²) in [5.74, 6) is -0.197. The van der Waals surface area contributed by atoms with Gasteiger partial charge in [-0.1, -0.05) is 61.0 Å². The molecule has 0 aromatic heterocycles. The summed E-state index contributed by atoms with van der Waals surface area (Å²) in [6.07, 6.45) is 1.89. The summed E-state index contributed by atoms with van der Waals surface area (Å²) in [5.41, 5.74) is 1.80. The van der Waals surface area contributed by atoms with E-state index in [-0.39, 0.29) is 23.6 Å². The molecule has 1 aliphatic rings. The number of piperidine rings is 1. The van der Waals surface area contributed by atoms with Crippen molar-refractivity contribution in [3.05, 3.63) is 70.7 Å². The lowest BCUT2D eigenvalue weighted by atomic mass is 9.96. The van der Waals surface area contributed by atoms with Crippen LogP contribution in [0.2, 0.25) is 5.02 Å². The van der Waals surface area contributed by atoms with Crippen molar-refractivity contribution in [3.8, 4) is 0 Å². The van der Waals surface area contributed by atoms with Crippen molar-refractivity contribution in [1.29, 1.82) is 0 Å². The minimum atomic E-state index is -3.41. The van der Waals surface area contributed by atoms with Crippen molar-refractivity contribution in [2.24, 2.45) is 5.92 Å². The van der Waals surface area contributed by atoms with Gasteiger partial charge in [0.05, 0.1) is 11.8 Å². The summed E-state index contributed by atoms with van der Waals surface area (Å²) in [6, 6.07) is 16.7. The first kappa shape index (κ1) is 21.8. The minimum Gasteiger partial charge on any atom is -0.349 e. The standard InChI is InChI=1S/C22H27ClN2O3S/c1-2-21(18-6-4-3-5-7-18)24-22(26)19-12-14-25(15-13-19)29(27,28)16-17-8-10-20(23)11-9-17/h3-11,19,21H,2,12-16H2,1H3,(H,24,26). The summed E-state index contributed by atoms with van der Waals surface area (Å²) >= 11 is 5.87. The van der Waals surface area contributed by atoms with E-state index in [2.05, 4.69) is 5.32 Å². The zero-order valence-electron chi connectivity index (χ0n) is 16.6. The maximum absolute atomic E-state index is 12.7. The monoisotopic (exact) mass is 434 g/mol. The van der Waals surface area contributed by atoms with Crippen molar-refractivity contribution in [2.75, 3.05) is 13.1 Å². The Labute approximate surface area is 178 Å². The molecule has 0 spiro atoms. The first-order valence-corrected chi connectivity index (χ1v) is 12.0. The van der Waals surface area contributed by atoms with Crippen LogP contribution in [-0.4, -0.2) is 31.7 Å². The van der Waals surface area contributed by atoms with Crippen LogP contribution in [0.1, 0.15) is 43.4 Å². The molecule has 2 aromatic rings. The van der Waals surface area contributed by atoms with E-state index in [1.165, 1.54) is 4.31 Å². The van der Waals surface area contributed by atoms with E-state index < -0.39 is 10.0 Å². The van der Waals surface area contributed by atoms with Crippen molar-refractivity contribution in [3.63, 3.8) is 0 Å². The molecular weight excluding hydrogens is 408 g/mol. The first-order chi connectivity index (χ1) is 13.9. The molecule has 1 unspecified atom stereocenters. The highest BCUT2D eigenvalue weighted by Crippen LogP contribution is 2.24. The summed E-state index contributed by atoms with van der Waals surface area (Å²) in [7, 11) is -3.41. The Morgan fingerprint density at radius 2 is 1.72 bits per heavy atom. The molecule has 1 heterocycles. The number of amides is 1. The van der Waals surface area contributed by atoms with Crippen LogP contribution in [0.3, 0.4) is 0 Å². The SMILES string of the molecule is CCC(NC(=O)C1CCN(S(=O)(=O)Cc2ccc(Cl)cc2)CC1)c1ccccc1. The van der Waals surface area contributed by atoms with Crippen LogP contribution in [0.25, 0.3) is 0 Å². The molecule has 29 heavy (non-hydrogen) atoms. The highest BCUT2D eigenvalue weighted by atomic mass is 35.5. The third-order valence-corrected chi connectivity index (χ3v) is 7.51. The molecule has 0 aliphatic carbocycles. The predicted octanol–water partition coefficient (Wildman–Crippen LogP) is 4.15. The molecule has 3 rings (SSSR count). The number of nitrogens with one attached hydrogen (secondary N) is 1. The first-order valence-electron chi connectivity index (χ1n) is 9.96. The Hall–Kier alpha value is -1.89. The summed E-state index contributed by atoms with van der Waals surface area (Å²) in [4.78, 5) is 12.7. The van der Waals surface area contributed by atoms with Gasteiger partial charge in [0, 0.05) is 24.0 Å². The van der Waals surface area contributed by atoms with Gasteiger partial charge in [0.1, 0.15) is 0 Å². The van der Waals surface area contributed by atoms with Crippen LogP contribution in [0.15, 0.2) is 54.6 Å². The van der Waals surface area contributed by atoms with Gasteiger partial charge in [-0.3, -0.25) is 4.79 Å². The van der Waals surface area contributed by atoms with Crippen LogP contribution in [-0.2, 0) is 20.6 Å². The van der Waals surface area contributed by atoms with E-state index in [0.29, 0.717) is 36.5 Å². The highest BCUT2D eigenvalue weighted by Gasteiger charge is 2.31. The summed E-state index contributed by atoms with van der Waals surface area (Å²) in [5, 5.41) is 3.71. The van der Waals surface area contributed by atoms with E-state index in [0.717, 1.165) is 12.0 Å². The fourth-order valence-corrected chi connectivity index (χ4v) is 5.36. The molecule has 2 aromatic carbocycles. The number of sulfonamides is 1. The fourth-order valence-electron chi connectivity index (χ4n) is 3.67. The van der Waals surface area contributed by atoms with Crippen molar-refractivity contribution >= 4 is 27.5 Å². The summed E-state index contributed by atoms with van der Waals surface area (Å²) in [6.45, 7) is 2.79. The Bertz CT molecular complexity index is 909. The number of carbonyl (C=O) groups excluding carboxylic acids is 1. The zero-order chi connectivity index (χ0) is 20.9. The molecular formula is C22H27ClN2O3S. The van der Waals surface area contributed by atoms with Gasteiger partial charge < -0.3 is 5.32 Å². The van der Waals surface area contributed by atoms with Crippen LogP contribution in [0.4, 0.5) is 0 Å². The van der Waals surface area contributed by atoms with E-state index in [9.17, 15) is 13.2 Å². The molecule has 1 fully saturated rings. The largest absolute Gasteiger partial charge is 0.349 e. The molecule has 5 nitrogen and oxygen atoms in total. The number of carbonyl (C=O) groups is 1. The topological polar surface area (TPSA) is 66.5 Å². The third-order valence-electron chi connectivity index (χ3n) is 5.41. The molecule has 1 amide bonds. The van der Waals surface area contributed by atoms with E-state index in [4.69, 9.17) is 11.6 Å². The number of hydrogen-bond acceptors (Lipinski definition) is 3. The van der Waals surface area contributed by atoms with Gasteiger partial charge in [-0.05, 0) is 42.5 Å². The van der Waals surface area contributed by atoms with Crippen LogP contribution in [0, 0.1) is 5.92 Å². The summed E-state index contributed by atoms with van der Waals surface area (Å²) < 4.78 is 26.9. The van der Waals surface area contributed by atoms with Gasteiger partial charge in [-0.25, -0.2) is 12.7 Å². The molecule has 0 saturated carbocycles. The van der Waals surface area contributed by atoms with Crippen molar-refractivity contribution in [2.45, 2.75) is 38.0 Å². The van der Waals surface area contributed by atoms with E-state index in [1.54, 1.807) is 24.3 Å². The lowest BCUT2D eigenvalue weighted by Gasteiger charge is -2.31. The maximum Gasteiger partial charge on any atom is 0.223 e. The van der Waals surface area contributed by atoms with Crippen LogP contribution >= 0.6 is 11.6 Å². The number of halogens is 1. The molecule has 1 aliphatic heterocycles. The van der Waals surface area contributed by atoms with Gasteiger partial charge in [0.15, 0.2) is 0 Å². The van der Waals surface area contributed by atoms with Crippen LogP contribution in [0.5, 0.6) is 0 Å². The Morgan fingerprint density at radius 3 is 2.31 bits per heavy atom. The van der Waals surface area contributed by atoms with Gasteiger partial charge in [-0.15, -0.1) is 0 Å². The molecule has 1 atom stereocenters. The van der Waals surface area contributed by atoms with Gasteiger partial charge in [0.2, 0.25) is 15.9 Å². The van der Waals surface area contributed by atoms with Crippen molar-refractivity contribution < 1.29 is 13.2 Å². The van der Waals surface area contributed by atoms with Gasteiger partial charge >= 0.3 is 0 Å². The highest BCUT2D eigenvalue weighted by molar-refractivity contribution is 7.88. The second-order valence-corrected chi connectivity index (χ2v) is 9.84. The zero-order valence-corrected chi connectivity index (χ0v) is 18.1. The second kappa shape index (κ2) is 9.74. The predicted molar refractivity (Wildman–Crippen MR) is 116 cm³/mol. The second-order valence-electron chi connectivity index (χ2n) is 7.44. The number of rotatable bonds is 7. The third kappa shape index (κ3) is 5.81. The number of nitrogens with zero attached hydrogens (tertiary/aromatic N) is 1. The van der Waals surface area contributed by atoms with Crippen LogP contribution < -0.4 is 5.32 Å². The average molecular weight is 435 g/mol. The van der Waals surface area contributed by atoms with Gasteiger partial charge in [-0.2, -0.15) is 0 Å². The molecule has 0 bridgehead atoms. The number of benzene rings is 2. The Morgan fingerprint density at radius 1 is 1.10 bits per heavy atom. The Balaban J connectivity index is 1.55. The van der Waals surface area contributed by atoms with Gasteiger partial charge in [0.25, 0.3) is 0 Å². The smallest absolute Gasteiger partial charge is 0.223 e. The average Bonchev–Trinajstić information content (AvgIpc) is 2.74. The fraction of sp³-hybridized carbons (Fsp3) is 0.409. The molecule has 0 radical (unpaired) electrons. The minimum absolute atomic E-state index is 0.00968. The van der Waals surface area contributed by atoms with Crippen molar-refractivity contribution in [1.82, 2.24) is 9.62 Å². The molecule has 1 N–H and O–H groups in total. The molecule has 156 valence electrons. The lowest BCUT2D eigenvalue weighted by Crippen LogP contribution is -2.44. The number of hydrogen-bond donors (Lipinski definition) is 1. The van der Waals surface area contributed by atoms with E-state index >= 15 is 0 Å². The maximum atomic E-state index is 12.7.